The highest BCUT2D eigenvalue weighted by Gasteiger charge is 2.65. The number of hydrogen-bond acceptors (Lipinski definition) is 7. The van der Waals surface area contributed by atoms with Crippen LogP contribution in [0.5, 0.6) is 0 Å². The monoisotopic (exact) mass is 494 g/mol. The zero-order valence-electron chi connectivity index (χ0n) is 19.1. The molecular formula is C27H26O7S. The van der Waals surface area contributed by atoms with Gasteiger partial charge in [-0.15, -0.1) is 0 Å². The van der Waals surface area contributed by atoms with Crippen LogP contribution in [-0.2, 0) is 14.3 Å². The predicted molar refractivity (Wildman–Crippen MR) is 128 cm³/mol. The Morgan fingerprint density at radius 1 is 0.886 bits per heavy atom. The van der Waals surface area contributed by atoms with Crippen LogP contribution in [0.2, 0.25) is 0 Å². The van der Waals surface area contributed by atoms with Crippen LogP contribution in [0.4, 0.5) is 0 Å². The highest BCUT2D eigenvalue weighted by atomic mass is 32.2. The van der Waals surface area contributed by atoms with Gasteiger partial charge in [-0.1, -0.05) is 78.4 Å². The Balaban J connectivity index is 1.61. The van der Waals surface area contributed by atoms with Crippen molar-refractivity contribution in [3.8, 4) is 0 Å². The Bertz CT molecular complexity index is 1300. The molecule has 4 rings (SSSR count). The lowest BCUT2D eigenvalue weighted by Gasteiger charge is -2.24. The second kappa shape index (κ2) is 9.83. The van der Waals surface area contributed by atoms with Gasteiger partial charge in [0.05, 0.1) is 11.5 Å². The quantitative estimate of drug-likeness (QED) is 0.328. The van der Waals surface area contributed by atoms with Crippen LogP contribution in [0.3, 0.4) is 0 Å². The molecule has 0 aliphatic heterocycles. The van der Waals surface area contributed by atoms with Gasteiger partial charge in [0.15, 0.2) is 11.6 Å². The fourth-order valence-corrected chi connectivity index (χ4v) is 5.25. The first-order valence-corrected chi connectivity index (χ1v) is 12.6. The van der Waals surface area contributed by atoms with E-state index in [1.807, 2.05) is 6.92 Å². The molecule has 3 aromatic carbocycles. The predicted octanol–water partition coefficient (Wildman–Crippen LogP) is 3.19. The fourth-order valence-electron chi connectivity index (χ4n) is 4.27. The van der Waals surface area contributed by atoms with Crippen molar-refractivity contribution in [2.45, 2.75) is 30.4 Å². The number of Topliss-reactive ketones (excluding diaryl/α,β-unsaturated/α-hetero) is 2. The van der Waals surface area contributed by atoms with Gasteiger partial charge in [0.2, 0.25) is 0 Å². The molecule has 3 aromatic rings. The summed E-state index contributed by atoms with van der Waals surface area (Å²) in [5.74, 6) is -2.08. The summed E-state index contributed by atoms with van der Waals surface area (Å²) >= 11 is 0. The number of aryl methyl sites for hydroxylation is 1. The van der Waals surface area contributed by atoms with Crippen molar-refractivity contribution in [2.75, 3.05) is 6.61 Å². The minimum atomic E-state index is -4.20. The van der Waals surface area contributed by atoms with E-state index in [0.29, 0.717) is 0 Å². The SMILES string of the molecule is Cc1ccc(S(=O)(=O)OCC2(C(O)C(=O)c3ccccc3)CC2C(O)C(=O)c2ccccc2)cc1. The standard InChI is InChI=1S/C27H26O7S/c1-18-12-14-21(15-13-18)35(32,33)34-17-27(26(31)24(29)20-10-6-3-7-11-20)16-22(27)25(30)23(28)19-8-4-2-5-9-19/h2-15,22,25-26,30-31H,16-17H2,1H3. The number of aliphatic hydroxyl groups excluding tert-OH is 2. The van der Waals surface area contributed by atoms with E-state index in [9.17, 15) is 28.2 Å². The molecule has 182 valence electrons. The smallest absolute Gasteiger partial charge is 0.296 e. The van der Waals surface area contributed by atoms with Gasteiger partial charge in [-0.05, 0) is 25.5 Å². The van der Waals surface area contributed by atoms with Gasteiger partial charge in [-0.3, -0.25) is 13.8 Å². The van der Waals surface area contributed by atoms with Crippen LogP contribution < -0.4 is 0 Å². The van der Waals surface area contributed by atoms with Gasteiger partial charge in [-0.25, -0.2) is 0 Å². The van der Waals surface area contributed by atoms with Crippen molar-refractivity contribution in [1.82, 2.24) is 0 Å². The molecule has 2 N–H and O–H groups in total. The summed E-state index contributed by atoms with van der Waals surface area (Å²) in [7, 11) is -4.20. The lowest BCUT2D eigenvalue weighted by Crippen LogP contribution is -2.39. The first-order chi connectivity index (χ1) is 16.7. The molecular weight excluding hydrogens is 468 g/mol. The van der Waals surface area contributed by atoms with Crippen molar-refractivity contribution in [2.24, 2.45) is 11.3 Å². The summed E-state index contributed by atoms with van der Waals surface area (Å²) in [6.45, 7) is 1.25. The maximum Gasteiger partial charge on any atom is 0.296 e. The Hall–Kier alpha value is -3.17. The van der Waals surface area contributed by atoms with Gasteiger partial charge >= 0.3 is 0 Å². The first kappa shape index (κ1) is 24.9. The van der Waals surface area contributed by atoms with E-state index in [4.69, 9.17) is 4.18 Å². The van der Waals surface area contributed by atoms with E-state index >= 15 is 0 Å². The Morgan fingerprint density at radius 3 is 1.94 bits per heavy atom. The van der Waals surface area contributed by atoms with Gasteiger partial charge in [-0.2, -0.15) is 8.42 Å². The molecule has 4 atom stereocenters. The summed E-state index contributed by atoms with van der Waals surface area (Å²) in [5, 5.41) is 21.9. The summed E-state index contributed by atoms with van der Waals surface area (Å²) in [6.07, 6.45) is -3.18. The van der Waals surface area contributed by atoms with Crippen LogP contribution in [0.25, 0.3) is 0 Å². The highest BCUT2D eigenvalue weighted by molar-refractivity contribution is 7.86. The van der Waals surface area contributed by atoms with E-state index in [0.717, 1.165) is 5.56 Å². The average molecular weight is 495 g/mol. The van der Waals surface area contributed by atoms with Crippen molar-refractivity contribution in [1.29, 1.82) is 0 Å². The molecule has 8 heteroatoms. The van der Waals surface area contributed by atoms with Gasteiger partial charge in [0.25, 0.3) is 10.1 Å². The second-order valence-electron chi connectivity index (χ2n) is 8.88. The second-order valence-corrected chi connectivity index (χ2v) is 10.5. The lowest BCUT2D eigenvalue weighted by atomic mass is 9.88. The number of hydrogen-bond donors (Lipinski definition) is 2. The molecule has 0 radical (unpaired) electrons. The van der Waals surface area contributed by atoms with E-state index in [2.05, 4.69) is 0 Å². The molecule has 0 amide bonds. The molecule has 0 bridgehead atoms. The Morgan fingerprint density at radius 2 is 1.40 bits per heavy atom. The minimum absolute atomic E-state index is 0.0376. The average Bonchev–Trinajstić information content (AvgIpc) is 3.63. The van der Waals surface area contributed by atoms with Crippen LogP contribution >= 0.6 is 0 Å². The topological polar surface area (TPSA) is 118 Å². The van der Waals surface area contributed by atoms with E-state index in [1.165, 1.54) is 24.3 Å². The van der Waals surface area contributed by atoms with Gasteiger partial charge in [0, 0.05) is 22.5 Å². The summed E-state index contributed by atoms with van der Waals surface area (Å²) in [5.41, 5.74) is -0.0728. The normalized spacial score (nSPS) is 21.2. The highest BCUT2D eigenvalue weighted by Crippen LogP contribution is 2.58. The molecule has 0 saturated heterocycles. The summed E-state index contributed by atoms with van der Waals surface area (Å²) in [4.78, 5) is 25.8. The molecule has 7 nitrogen and oxygen atoms in total. The molecule has 35 heavy (non-hydrogen) atoms. The van der Waals surface area contributed by atoms with Crippen molar-refractivity contribution in [3.63, 3.8) is 0 Å². The molecule has 4 unspecified atom stereocenters. The van der Waals surface area contributed by atoms with Crippen LogP contribution in [0.1, 0.15) is 32.7 Å². The number of carbonyl (C=O) groups excluding carboxylic acids is 2. The number of benzene rings is 3. The molecule has 0 aromatic heterocycles. The van der Waals surface area contributed by atoms with Crippen molar-refractivity contribution < 1.29 is 32.4 Å². The summed E-state index contributed by atoms with van der Waals surface area (Å²) in [6, 6.07) is 22.3. The molecule has 1 aliphatic carbocycles. The molecule has 1 fully saturated rings. The Labute approximate surface area is 204 Å². The molecule has 0 spiro atoms. The fraction of sp³-hybridized carbons (Fsp3) is 0.259. The van der Waals surface area contributed by atoms with E-state index in [-0.39, 0.29) is 22.4 Å². The van der Waals surface area contributed by atoms with E-state index < -0.39 is 51.8 Å². The third-order valence-corrected chi connectivity index (χ3v) is 7.81. The molecule has 1 saturated carbocycles. The van der Waals surface area contributed by atoms with Crippen LogP contribution in [0, 0.1) is 18.3 Å². The van der Waals surface area contributed by atoms with Crippen LogP contribution in [0.15, 0.2) is 89.8 Å². The molecule has 1 aliphatic rings. The number of rotatable bonds is 10. The minimum Gasteiger partial charge on any atom is -0.385 e. The lowest BCUT2D eigenvalue weighted by molar-refractivity contribution is 0.0248. The van der Waals surface area contributed by atoms with Gasteiger partial charge in [0.1, 0.15) is 12.2 Å². The maximum atomic E-state index is 13.0. The zero-order chi connectivity index (χ0) is 25.2. The first-order valence-electron chi connectivity index (χ1n) is 11.2. The largest absolute Gasteiger partial charge is 0.385 e. The number of aliphatic hydroxyl groups is 2. The zero-order valence-corrected chi connectivity index (χ0v) is 19.9. The number of ketones is 2. The van der Waals surface area contributed by atoms with E-state index in [1.54, 1.807) is 60.7 Å². The third-order valence-electron chi connectivity index (χ3n) is 6.53. The Kier molecular flexibility index (Phi) is 7.00. The molecule has 0 heterocycles. The van der Waals surface area contributed by atoms with Crippen LogP contribution in [-0.4, -0.2) is 49.0 Å². The van der Waals surface area contributed by atoms with Crippen molar-refractivity contribution in [3.05, 3.63) is 102 Å². The van der Waals surface area contributed by atoms with Crippen molar-refractivity contribution >= 4 is 21.7 Å². The number of carbonyl (C=O) groups is 2. The maximum absolute atomic E-state index is 13.0. The third kappa shape index (κ3) is 5.11. The van der Waals surface area contributed by atoms with Gasteiger partial charge < -0.3 is 10.2 Å². The summed E-state index contributed by atoms with van der Waals surface area (Å²) < 4.78 is 30.9.